The predicted molar refractivity (Wildman–Crippen MR) is 25.2 cm³/mol. The van der Waals surface area contributed by atoms with Gasteiger partial charge in [-0.2, -0.15) is 4.91 Å². The molecule has 0 aliphatic rings. The maximum atomic E-state index is 9.51. The summed E-state index contributed by atoms with van der Waals surface area (Å²) in [6.45, 7) is 6.72. The molecule has 0 atom stereocenters. The summed E-state index contributed by atoms with van der Waals surface area (Å²) in [4.78, 5) is 9.51. The lowest BCUT2D eigenvalue weighted by atomic mass is 10.1. The summed E-state index contributed by atoms with van der Waals surface area (Å²) in [6.07, 6.45) is 0. The topological polar surface area (TPSA) is 29.4 Å². The normalized spacial score (nSPS) is 11.2. The van der Waals surface area contributed by atoms with Gasteiger partial charge in [0.25, 0.3) is 0 Å². The van der Waals surface area contributed by atoms with E-state index in [1.54, 1.807) is 13.8 Å². The maximum Gasteiger partial charge on any atom is 0.0971 e. The Morgan fingerprint density at radius 3 is 1.83 bits per heavy atom. The van der Waals surface area contributed by atoms with E-state index in [4.69, 9.17) is 0 Å². The minimum Gasteiger partial charge on any atom is -0.150 e. The highest BCUT2D eigenvalue weighted by molar-refractivity contribution is 4.77. The van der Waals surface area contributed by atoms with Crippen molar-refractivity contribution in [2.24, 2.45) is 5.18 Å². The van der Waals surface area contributed by atoms with Crippen LogP contribution in [0.1, 0.15) is 13.8 Å². The Labute approximate surface area is 37.5 Å². The molecule has 0 aromatic heterocycles. The quantitative estimate of drug-likeness (QED) is 0.443. The maximum absolute atomic E-state index is 9.51. The monoisotopic (exact) mass is 86.1 g/mol. The molecular formula is C4H8NO. The number of hydrogen-bond acceptors (Lipinski definition) is 2. The van der Waals surface area contributed by atoms with Gasteiger partial charge in [-0.15, -0.1) is 0 Å². The Morgan fingerprint density at radius 1 is 1.67 bits per heavy atom. The van der Waals surface area contributed by atoms with Crippen molar-refractivity contribution in [3.63, 3.8) is 0 Å². The first-order chi connectivity index (χ1) is 2.56. The van der Waals surface area contributed by atoms with E-state index in [2.05, 4.69) is 12.1 Å². The molecule has 0 unspecified atom stereocenters. The fraction of sp³-hybridized carbons (Fsp3) is 0.750. The van der Waals surface area contributed by atoms with Crippen molar-refractivity contribution in [1.82, 2.24) is 0 Å². The number of rotatable bonds is 1. The molecule has 0 saturated heterocycles. The zero-order valence-electron chi connectivity index (χ0n) is 4.06. The average Bonchev–Trinajstić information content (AvgIpc) is 1.35. The van der Waals surface area contributed by atoms with E-state index >= 15 is 0 Å². The Bertz CT molecular complexity index is 53.1. The third kappa shape index (κ3) is 3.60. The van der Waals surface area contributed by atoms with Gasteiger partial charge < -0.3 is 0 Å². The second kappa shape index (κ2) is 1.37. The lowest BCUT2D eigenvalue weighted by Gasteiger charge is -2.01. The molecule has 0 heterocycles. The van der Waals surface area contributed by atoms with Crippen LogP contribution < -0.4 is 0 Å². The van der Waals surface area contributed by atoms with E-state index in [9.17, 15) is 4.91 Å². The van der Waals surface area contributed by atoms with Gasteiger partial charge >= 0.3 is 0 Å². The SMILES string of the molecule is [CH2]C(C)(C)N=O. The van der Waals surface area contributed by atoms with Gasteiger partial charge in [0, 0.05) is 0 Å². The molecule has 0 rings (SSSR count). The summed E-state index contributed by atoms with van der Waals surface area (Å²) in [5, 5.41) is 2.66. The van der Waals surface area contributed by atoms with E-state index in [-0.39, 0.29) is 0 Å². The third-order valence-corrected chi connectivity index (χ3v) is 0.247. The van der Waals surface area contributed by atoms with Gasteiger partial charge in [-0.1, -0.05) is 5.18 Å². The molecule has 0 saturated carbocycles. The number of nitroso groups, excluding NO2 is 1. The molecule has 1 radical (unpaired) electrons. The van der Waals surface area contributed by atoms with E-state index in [1.807, 2.05) is 0 Å². The van der Waals surface area contributed by atoms with E-state index in [1.165, 1.54) is 0 Å². The van der Waals surface area contributed by atoms with Crippen LogP contribution in [0.3, 0.4) is 0 Å². The first kappa shape index (κ1) is 5.60. The summed E-state index contributed by atoms with van der Waals surface area (Å²) in [5.41, 5.74) is -0.639. The van der Waals surface area contributed by atoms with Crippen molar-refractivity contribution in [2.45, 2.75) is 19.4 Å². The molecule has 2 nitrogen and oxygen atoms in total. The van der Waals surface area contributed by atoms with Crippen LogP contribution in [0.15, 0.2) is 5.18 Å². The fourth-order valence-electron chi connectivity index (χ4n) is 0. The van der Waals surface area contributed by atoms with Gasteiger partial charge in [0.05, 0.1) is 5.54 Å². The molecule has 0 spiro atoms. The van der Waals surface area contributed by atoms with Crippen LogP contribution in [0, 0.1) is 11.8 Å². The fourth-order valence-corrected chi connectivity index (χ4v) is 0. The van der Waals surface area contributed by atoms with Crippen molar-refractivity contribution in [2.75, 3.05) is 0 Å². The summed E-state index contributed by atoms with van der Waals surface area (Å²) >= 11 is 0. The van der Waals surface area contributed by atoms with E-state index in [0.717, 1.165) is 0 Å². The molecule has 0 aromatic rings. The highest BCUT2D eigenvalue weighted by atomic mass is 16.3. The van der Waals surface area contributed by atoms with Crippen LogP contribution >= 0.6 is 0 Å². The van der Waals surface area contributed by atoms with Crippen LogP contribution in [-0.4, -0.2) is 5.54 Å². The first-order valence-corrected chi connectivity index (χ1v) is 1.76. The smallest absolute Gasteiger partial charge is 0.0971 e. The van der Waals surface area contributed by atoms with Crippen LogP contribution in [0.4, 0.5) is 0 Å². The zero-order chi connectivity index (χ0) is 5.21. The number of nitrogens with zero attached hydrogens (tertiary/aromatic N) is 1. The Kier molecular flexibility index (Phi) is 1.28. The molecule has 0 amide bonds. The van der Waals surface area contributed by atoms with Crippen LogP contribution in [-0.2, 0) is 0 Å². The Morgan fingerprint density at radius 2 is 1.83 bits per heavy atom. The third-order valence-electron chi connectivity index (χ3n) is 0.247. The van der Waals surface area contributed by atoms with Gasteiger partial charge in [-0.05, 0) is 20.8 Å². The van der Waals surface area contributed by atoms with Crippen molar-refractivity contribution in [1.29, 1.82) is 0 Å². The molecule has 0 aromatic carbocycles. The van der Waals surface area contributed by atoms with Crippen LogP contribution in [0.2, 0.25) is 0 Å². The highest BCUT2D eigenvalue weighted by Gasteiger charge is 2.06. The Balaban J connectivity index is 3.45. The van der Waals surface area contributed by atoms with Crippen molar-refractivity contribution in [3.8, 4) is 0 Å². The van der Waals surface area contributed by atoms with E-state index in [0.29, 0.717) is 0 Å². The number of hydrogen-bond donors (Lipinski definition) is 0. The van der Waals surface area contributed by atoms with E-state index < -0.39 is 5.54 Å². The van der Waals surface area contributed by atoms with Gasteiger partial charge in [-0.3, -0.25) is 0 Å². The molecule has 2 heteroatoms. The van der Waals surface area contributed by atoms with Gasteiger partial charge in [0.15, 0.2) is 0 Å². The predicted octanol–water partition coefficient (Wildman–Crippen LogP) is 1.37. The highest BCUT2D eigenvalue weighted by Crippen LogP contribution is 2.02. The zero-order valence-corrected chi connectivity index (χ0v) is 4.06. The molecule has 0 aliphatic carbocycles. The van der Waals surface area contributed by atoms with Gasteiger partial charge in [0.1, 0.15) is 0 Å². The van der Waals surface area contributed by atoms with Crippen molar-refractivity contribution in [3.05, 3.63) is 11.8 Å². The summed E-state index contributed by atoms with van der Waals surface area (Å²) in [5.74, 6) is 0. The largest absolute Gasteiger partial charge is 0.150 e. The summed E-state index contributed by atoms with van der Waals surface area (Å²) < 4.78 is 0. The molecule has 0 fully saturated rings. The minimum absolute atomic E-state index is 0.639. The van der Waals surface area contributed by atoms with Crippen molar-refractivity contribution < 1.29 is 0 Å². The lowest BCUT2D eigenvalue weighted by molar-refractivity contribution is 0.646. The van der Waals surface area contributed by atoms with Gasteiger partial charge in [-0.25, -0.2) is 0 Å². The summed E-state index contributed by atoms with van der Waals surface area (Å²) in [6, 6.07) is 0. The first-order valence-electron chi connectivity index (χ1n) is 1.76. The standard InChI is InChI=1S/C4H8NO/c1-4(2,3)5-6/h1H2,2-3H3. The average molecular weight is 86.1 g/mol. The van der Waals surface area contributed by atoms with Gasteiger partial charge in [0.2, 0.25) is 0 Å². The molecule has 35 valence electrons. The Hall–Kier alpha value is -0.400. The summed E-state index contributed by atoms with van der Waals surface area (Å²) in [7, 11) is 0. The molecule has 0 bridgehead atoms. The second-order valence-corrected chi connectivity index (χ2v) is 1.90. The van der Waals surface area contributed by atoms with Crippen LogP contribution in [0.5, 0.6) is 0 Å². The lowest BCUT2D eigenvalue weighted by Crippen LogP contribution is -2.07. The molecule has 6 heavy (non-hydrogen) atoms. The molecular weight excluding hydrogens is 78.0 g/mol. The van der Waals surface area contributed by atoms with Crippen molar-refractivity contribution >= 4 is 0 Å². The van der Waals surface area contributed by atoms with Crippen LogP contribution in [0.25, 0.3) is 0 Å². The molecule has 0 N–H and O–H groups in total. The molecule has 0 aliphatic heterocycles. The minimum atomic E-state index is -0.639. The second-order valence-electron chi connectivity index (χ2n) is 1.90.